The number of fused-ring (bicyclic) bond motifs is 3. The van der Waals surface area contributed by atoms with Crippen LogP contribution in [0.5, 0.6) is 0 Å². The fourth-order valence-electron chi connectivity index (χ4n) is 9.38. The van der Waals surface area contributed by atoms with Crippen molar-refractivity contribution in [3.63, 3.8) is 0 Å². The molecule has 0 atom stereocenters. The lowest BCUT2D eigenvalue weighted by Gasteiger charge is -2.30. The lowest BCUT2D eigenvalue weighted by molar-refractivity contribution is 0.569. The van der Waals surface area contributed by atoms with Crippen molar-refractivity contribution in [1.82, 2.24) is 0 Å². The van der Waals surface area contributed by atoms with Gasteiger partial charge in [0.2, 0.25) is 0 Å². The van der Waals surface area contributed by atoms with Crippen LogP contribution in [0.4, 0.5) is 17.1 Å². The summed E-state index contributed by atoms with van der Waals surface area (Å²) in [6.45, 7) is 13.9. The molecule has 1 heteroatoms. The van der Waals surface area contributed by atoms with Crippen LogP contribution in [0.2, 0.25) is 0 Å². The van der Waals surface area contributed by atoms with Gasteiger partial charge in [-0.1, -0.05) is 230 Å². The van der Waals surface area contributed by atoms with E-state index in [9.17, 15) is 0 Å². The van der Waals surface area contributed by atoms with Gasteiger partial charge in [0, 0.05) is 16.8 Å². The molecule has 0 aromatic heterocycles. The largest absolute Gasteiger partial charge is 0.309 e. The number of rotatable bonds is 7. The summed E-state index contributed by atoms with van der Waals surface area (Å²) in [6, 6.07) is 78.6. The van der Waals surface area contributed by atoms with Crippen LogP contribution in [0.25, 0.3) is 76.8 Å². The van der Waals surface area contributed by atoms with Crippen LogP contribution < -0.4 is 4.90 Å². The van der Waals surface area contributed by atoms with Gasteiger partial charge in [0.15, 0.2) is 0 Å². The lowest BCUT2D eigenvalue weighted by Crippen LogP contribution is -2.16. The van der Waals surface area contributed by atoms with Gasteiger partial charge in [0.1, 0.15) is 0 Å². The minimum Gasteiger partial charge on any atom is -0.309 e. The normalized spacial score (nSPS) is 12.0. The number of nitrogens with zero attached hydrogens (tertiary/aromatic N) is 1. The second-order valence-electron chi connectivity index (χ2n) is 19.0. The fourth-order valence-corrected chi connectivity index (χ4v) is 9.38. The Kier molecular flexibility index (Phi) is 10.1. The van der Waals surface area contributed by atoms with Gasteiger partial charge in [-0.05, 0) is 112 Å². The number of anilines is 3. The van der Waals surface area contributed by atoms with Crippen LogP contribution in [0.15, 0.2) is 212 Å². The smallest absolute Gasteiger partial charge is 0.0540 e. The standard InChI is InChI=1S/C62H53N/c1-61(2,3)47-39-46(40-48(41-47)62(4,5)6)53-30-17-23-45-24-18-32-57(60(45)53)56-28-12-14-34-59(56)63(49-37-35-44(36-38-49)51-29-15-21-42-19-7-9-25-50(42)51)58-33-13-11-27-55(58)54-31-16-22-43-20-8-10-26-52(43)54/h7-41H,1-6H3. The third-order valence-electron chi connectivity index (χ3n) is 12.8. The average molecular weight is 812 g/mol. The molecule has 0 aliphatic carbocycles. The Hall–Kier alpha value is -7.22. The highest BCUT2D eigenvalue weighted by atomic mass is 15.1. The van der Waals surface area contributed by atoms with E-state index in [0.29, 0.717) is 0 Å². The second-order valence-corrected chi connectivity index (χ2v) is 19.0. The minimum absolute atomic E-state index is 0.00282. The molecule has 0 heterocycles. The summed E-state index contributed by atoms with van der Waals surface area (Å²) in [4.78, 5) is 2.48. The highest BCUT2D eigenvalue weighted by Crippen LogP contribution is 2.48. The van der Waals surface area contributed by atoms with E-state index in [1.807, 2.05) is 0 Å². The van der Waals surface area contributed by atoms with Gasteiger partial charge in [0.05, 0.1) is 11.4 Å². The molecule has 10 rings (SSSR count). The van der Waals surface area contributed by atoms with E-state index in [1.54, 1.807) is 0 Å². The Bertz CT molecular complexity index is 3250. The third-order valence-corrected chi connectivity index (χ3v) is 12.8. The van der Waals surface area contributed by atoms with Gasteiger partial charge >= 0.3 is 0 Å². The molecule has 10 aromatic carbocycles. The molecule has 306 valence electrons. The molecular weight excluding hydrogens is 759 g/mol. The van der Waals surface area contributed by atoms with Crippen LogP contribution >= 0.6 is 0 Å². The first-order valence-corrected chi connectivity index (χ1v) is 22.3. The van der Waals surface area contributed by atoms with E-state index < -0.39 is 0 Å². The predicted octanol–water partition coefficient (Wildman–Crippen LogP) is 17.9. The molecular formula is C62H53N. The first kappa shape index (κ1) is 39.9. The third kappa shape index (κ3) is 7.49. The van der Waals surface area contributed by atoms with E-state index in [4.69, 9.17) is 0 Å². The molecule has 1 nitrogen and oxygen atoms in total. The zero-order valence-electron chi connectivity index (χ0n) is 37.2. The summed E-state index contributed by atoms with van der Waals surface area (Å²) < 4.78 is 0. The van der Waals surface area contributed by atoms with Crippen LogP contribution in [-0.2, 0) is 10.8 Å². The highest BCUT2D eigenvalue weighted by molar-refractivity contribution is 6.10. The van der Waals surface area contributed by atoms with Gasteiger partial charge in [-0.15, -0.1) is 0 Å². The summed E-state index contributed by atoms with van der Waals surface area (Å²) in [5.41, 5.74) is 15.7. The summed E-state index contributed by atoms with van der Waals surface area (Å²) in [6.07, 6.45) is 0. The van der Waals surface area contributed by atoms with Gasteiger partial charge in [-0.25, -0.2) is 0 Å². The molecule has 10 aromatic rings. The zero-order valence-corrected chi connectivity index (χ0v) is 37.2. The molecule has 0 amide bonds. The van der Waals surface area contributed by atoms with Crippen LogP contribution in [0, 0.1) is 0 Å². The minimum atomic E-state index is -0.00282. The molecule has 0 aliphatic heterocycles. The van der Waals surface area contributed by atoms with Gasteiger partial charge in [-0.3, -0.25) is 0 Å². The Balaban J connectivity index is 1.22. The first-order valence-electron chi connectivity index (χ1n) is 22.3. The molecule has 0 aliphatic rings. The highest BCUT2D eigenvalue weighted by Gasteiger charge is 2.25. The maximum atomic E-state index is 2.48. The zero-order chi connectivity index (χ0) is 43.3. The van der Waals surface area contributed by atoms with E-state index in [-0.39, 0.29) is 10.8 Å². The quantitative estimate of drug-likeness (QED) is 0.155. The van der Waals surface area contributed by atoms with Crippen molar-refractivity contribution < 1.29 is 0 Å². The monoisotopic (exact) mass is 811 g/mol. The van der Waals surface area contributed by atoms with Crippen molar-refractivity contribution >= 4 is 49.4 Å². The maximum Gasteiger partial charge on any atom is 0.0540 e. The number of hydrogen-bond acceptors (Lipinski definition) is 1. The van der Waals surface area contributed by atoms with Crippen molar-refractivity contribution in [3.05, 3.63) is 223 Å². The van der Waals surface area contributed by atoms with Gasteiger partial charge < -0.3 is 4.90 Å². The maximum absolute atomic E-state index is 2.48. The molecule has 0 fully saturated rings. The summed E-state index contributed by atoms with van der Waals surface area (Å²) in [7, 11) is 0. The Morgan fingerprint density at radius 2 is 0.714 bits per heavy atom. The molecule has 0 unspecified atom stereocenters. The molecule has 0 N–H and O–H groups in total. The first-order chi connectivity index (χ1) is 30.5. The van der Waals surface area contributed by atoms with Crippen molar-refractivity contribution in [3.8, 4) is 44.5 Å². The van der Waals surface area contributed by atoms with Crippen molar-refractivity contribution in [2.75, 3.05) is 4.90 Å². The molecule has 0 bridgehead atoms. The van der Waals surface area contributed by atoms with Gasteiger partial charge in [0.25, 0.3) is 0 Å². The molecule has 0 radical (unpaired) electrons. The summed E-state index contributed by atoms with van der Waals surface area (Å²) in [5, 5.41) is 7.44. The van der Waals surface area contributed by atoms with E-state index in [1.165, 1.54) is 88.0 Å². The van der Waals surface area contributed by atoms with Crippen molar-refractivity contribution in [2.24, 2.45) is 0 Å². The lowest BCUT2D eigenvalue weighted by atomic mass is 9.78. The summed E-state index contributed by atoms with van der Waals surface area (Å²) in [5.74, 6) is 0. The van der Waals surface area contributed by atoms with Crippen LogP contribution in [0.3, 0.4) is 0 Å². The fraction of sp³-hybridized carbons (Fsp3) is 0.129. The van der Waals surface area contributed by atoms with Crippen molar-refractivity contribution in [1.29, 1.82) is 0 Å². The predicted molar refractivity (Wildman–Crippen MR) is 273 cm³/mol. The molecule has 0 spiro atoms. The second kappa shape index (κ2) is 15.9. The number of hydrogen-bond donors (Lipinski definition) is 0. The van der Waals surface area contributed by atoms with Crippen LogP contribution in [0.1, 0.15) is 52.7 Å². The van der Waals surface area contributed by atoms with Crippen LogP contribution in [-0.4, -0.2) is 0 Å². The van der Waals surface area contributed by atoms with E-state index >= 15 is 0 Å². The number of para-hydroxylation sites is 2. The average Bonchev–Trinajstić information content (AvgIpc) is 3.31. The SMILES string of the molecule is CC(C)(C)c1cc(-c2cccc3cccc(-c4ccccc4N(c4ccc(-c5cccc6ccccc56)cc4)c4ccccc4-c4cccc5ccccc45)c23)cc(C(C)(C)C)c1. The van der Waals surface area contributed by atoms with E-state index in [0.717, 1.165) is 17.1 Å². The number of benzene rings is 10. The van der Waals surface area contributed by atoms with Crippen molar-refractivity contribution in [2.45, 2.75) is 52.4 Å². The summed E-state index contributed by atoms with van der Waals surface area (Å²) >= 11 is 0. The Morgan fingerprint density at radius 3 is 1.29 bits per heavy atom. The Morgan fingerprint density at radius 1 is 0.302 bits per heavy atom. The molecule has 0 saturated carbocycles. The molecule has 63 heavy (non-hydrogen) atoms. The molecule has 0 saturated heterocycles. The van der Waals surface area contributed by atoms with Gasteiger partial charge in [-0.2, -0.15) is 0 Å². The Labute approximate surface area is 372 Å². The van der Waals surface area contributed by atoms with E-state index in [2.05, 4.69) is 259 Å². The topological polar surface area (TPSA) is 3.24 Å².